The van der Waals surface area contributed by atoms with E-state index in [1.54, 1.807) is 12.3 Å². The lowest BCUT2D eigenvalue weighted by Crippen LogP contribution is -1.80. The summed E-state index contributed by atoms with van der Waals surface area (Å²) in [5, 5.41) is 1.14. The minimum Gasteiger partial charge on any atom is -0.254 e. The highest BCUT2D eigenvalue weighted by molar-refractivity contribution is 6.35. The molecule has 58 valence electrons. The number of allylic oxidation sites excluding steroid dienone is 1. The maximum Gasteiger partial charge on any atom is 0.0813 e. The van der Waals surface area contributed by atoms with E-state index < -0.39 is 0 Å². The van der Waals surface area contributed by atoms with Crippen molar-refractivity contribution in [3.63, 3.8) is 0 Å². The first-order chi connectivity index (χ1) is 5.24. The minimum atomic E-state index is 0.559. The number of pyridine rings is 1. The van der Waals surface area contributed by atoms with Gasteiger partial charge in [0.2, 0.25) is 0 Å². The van der Waals surface area contributed by atoms with Crippen molar-refractivity contribution in [2.45, 2.75) is 6.92 Å². The van der Waals surface area contributed by atoms with Crippen LogP contribution in [-0.4, -0.2) is 4.98 Å². The van der Waals surface area contributed by atoms with E-state index >= 15 is 0 Å². The van der Waals surface area contributed by atoms with Crippen LogP contribution in [-0.2, 0) is 0 Å². The predicted molar refractivity (Wildman–Crippen MR) is 49.0 cm³/mol. The number of halogens is 2. The van der Waals surface area contributed by atoms with Crippen LogP contribution in [0.2, 0.25) is 10.0 Å². The van der Waals surface area contributed by atoms with E-state index in [1.807, 2.05) is 19.1 Å². The van der Waals surface area contributed by atoms with Crippen LogP contribution in [0.4, 0.5) is 0 Å². The number of hydrogen-bond donors (Lipinski definition) is 0. The van der Waals surface area contributed by atoms with Gasteiger partial charge in [-0.2, -0.15) is 0 Å². The summed E-state index contributed by atoms with van der Waals surface area (Å²) >= 11 is 11.5. The van der Waals surface area contributed by atoms with Gasteiger partial charge in [-0.05, 0) is 19.1 Å². The monoisotopic (exact) mass is 187 g/mol. The summed E-state index contributed by atoms with van der Waals surface area (Å²) in [6, 6.07) is 1.67. The quantitative estimate of drug-likeness (QED) is 0.657. The Hall–Kier alpha value is -0.530. The first-order valence-electron chi connectivity index (χ1n) is 3.18. The molecule has 0 bridgehead atoms. The molecule has 0 aromatic carbocycles. The standard InChI is InChI=1S/C8H7Cl2N/c1-2-3-8-7(10)4-6(9)5-11-8/h2-5H,1H3/b3-2+. The Kier molecular flexibility index (Phi) is 2.92. The van der Waals surface area contributed by atoms with Crippen molar-refractivity contribution in [3.05, 3.63) is 34.1 Å². The third-order valence-corrected chi connectivity index (χ3v) is 1.67. The molecule has 0 amide bonds. The topological polar surface area (TPSA) is 12.9 Å². The molecule has 1 aromatic heterocycles. The number of nitrogens with zero attached hydrogens (tertiary/aromatic N) is 1. The van der Waals surface area contributed by atoms with Crippen LogP contribution in [0, 0.1) is 0 Å². The van der Waals surface area contributed by atoms with E-state index in [4.69, 9.17) is 23.2 Å². The molecule has 0 aliphatic rings. The molecule has 0 spiro atoms. The summed E-state index contributed by atoms with van der Waals surface area (Å²) < 4.78 is 0. The van der Waals surface area contributed by atoms with Crippen molar-refractivity contribution in [3.8, 4) is 0 Å². The van der Waals surface area contributed by atoms with Crippen molar-refractivity contribution >= 4 is 29.3 Å². The Morgan fingerprint density at radius 2 is 2.18 bits per heavy atom. The maximum atomic E-state index is 5.81. The molecular weight excluding hydrogens is 181 g/mol. The molecule has 1 aromatic rings. The molecule has 1 rings (SSSR count). The van der Waals surface area contributed by atoms with Gasteiger partial charge < -0.3 is 0 Å². The predicted octanol–water partition coefficient (Wildman–Crippen LogP) is 3.42. The molecule has 0 radical (unpaired) electrons. The molecule has 11 heavy (non-hydrogen) atoms. The van der Waals surface area contributed by atoms with E-state index in [0.717, 1.165) is 5.69 Å². The second-order valence-electron chi connectivity index (χ2n) is 2.02. The van der Waals surface area contributed by atoms with E-state index in [2.05, 4.69) is 4.98 Å². The second kappa shape index (κ2) is 3.74. The SMILES string of the molecule is C/C=C/c1ncc(Cl)cc1Cl. The van der Waals surface area contributed by atoms with Gasteiger partial charge in [-0.1, -0.05) is 29.3 Å². The molecule has 1 heterocycles. The van der Waals surface area contributed by atoms with E-state index in [1.165, 1.54) is 0 Å². The van der Waals surface area contributed by atoms with Gasteiger partial charge in [0, 0.05) is 6.20 Å². The first-order valence-corrected chi connectivity index (χ1v) is 3.93. The van der Waals surface area contributed by atoms with E-state index in [0.29, 0.717) is 10.0 Å². The molecule has 0 aliphatic heterocycles. The van der Waals surface area contributed by atoms with Crippen LogP contribution in [0.15, 0.2) is 18.3 Å². The lowest BCUT2D eigenvalue weighted by atomic mass is 10.3. The molecule has 1 nitrogen and oxygen atoms in total. The van der Waals surface area contributed by atoms with Crippen molar-refractivity contribution in [1.29, 1.82) is 0 Å². The van der Waals surface area contributed by atoms with Crippen molar-refractivity contribution < 1.29 is 0 Å². The number of rotatable bonds is 1. The summed E-state index contributed by atoms with van der Waals surface area (Å²) in [6.07, 6.45) is 5.28. The van der Waals surface area contributed by atoms with Gasteiger partial charge in [-0.15, -0.1) is 0 Å². The first kappa shape index (κ1) is 8.57. The van der Waals surface area contributed by atoms with Gasteiger partial charge in [0.15, 0.2) is 0 Å². The molecule has 0 atom stereocenters. The summed E-state index contributed by atoms with van der Waals surface area (Å²) in [6.45, 7) is 1.91. The zero-order chi connectivity index (χ0) is 8.27. The van der Waals surface area contributed by atoms with Crippen molar-refractivity contribution in [1.82, 2.24) is 4.98 Å². The molecule has 0 saturated carbocycles. The zero-order valence-corrected chi connectivity index (χ0v) is 7.52. The molecule has 0 N–H and O–H groups in total. The van der Waals surface area contributed by atoms with Crippen molar-refractivity contribution in [2.24, 2.45) is 0 Å². The fourth-order valence-corrected chi connectivity index (χ4v) is 1.15. The zero-order valence-electron chi connectivity index (χ0n) is 6.01. The van der Waals surface area contributed by atoms with Crippen LogP contribution >= 0.6 is 23.2 Å². The van der Waals surface area contributed by atoms with Gasteiger partial charge in [0.25, 0.3) is 0 Å². The third kappa shape index (κ3) is 2.21. The Morgan fingerprint density at radius 3 is 2.73 bits per heavy atom. The Labute approximate surface area is 75.7 Å². The van der Waals surface area contributed by atoms with Crippen LogP contribution in [0.3, 0.4) is 0 Å². The fraction of sp³-hybridized carbons (Fsp3) is 0.125. The van der Waals surface area contributed by atoms with Crippen LogP contribution in [0.1, 0.15) is 12.6 Å². The lowest BCUT2D eigenvalue weighted by molar-refractivity contribution is 1.29. The van der Waals surface area contributed by atoms with Gasteiger partial charge in [0.05, 0.1) is 15.7 Å². The Morgan fingerprint density at radius 1 is 1.45 bits per heavy atom. The number of hydrogen-bond acceptors (Lipinski definition) is 1. The largest absolute Gasteiger partial charge is 0.254 e. The Balaban J connectivity index is 3.09. The van der Waals surface area contributed by atoms with Crippen LogP contribution in [0.5, 0.6) is 0 Å². The van der Waals surface area contributed by atoms with E-state index in [9.17, 15) is 0 Å². The van der Waals surface area contributed by atoms with E-state index in [-0.39, 0.29) is 0 Å². The average Bonchev–Trinajstić information content (AvgIpc) is 1.95. The highest BCUT2D eigenvalue weighted by atomic mass is 35.5. The van der Waals surface area contributed by atoms with Gasteiger partial charge >= 0.3 is 0 Å². The van der Waals surface area contributed by atoms with Crippen molar-refractivity contribution in [2.75, 3.05) is 0 Å². The average molecular weight is 188 g/mol. The smallest absolute Gasteiger partial charge is 0.0813 e. The van der Waals surface area contributed by atoms with Crippen LogP contribution < -0.4 is 0 Å². The summed E-state index contributed by atoms with van der Waals surface area (Å²) in [5.74, 6) is 0. The van der Waals surface area contributed by atoms with Gasteiger partial charge in [-0.25, -0.2) is 0 Å². The third-order valence-electron chi connectivity index (χ3n) is 1.16. The molecule has 0 fully saturated rings. The summed E-state index contributed by atoms with van der Waals surface area (Å²) in [5.41, 5.74) is 0.749. The molecule has 0 aliphatic carbocycles. The molecular formula is C8H7Cl2N. The highest BCUT2D eigenvalue weighted by Crippen LogP contribution is 2.18. The second-order valence-corrected chi connectivity index (χ2v) is 2.86. The Bertz CT molecular complexity index is 281. The molecule has 3 heteroatoms. The molecule has 0 unspecified atom stereocenters. The normalized spacial score (nSPS) is 10.8. The summed E-state index contributed by atoms with van der Waals surface area (Å²) in [4.78, 5) is 4.02. The van der Waals surface area contributed by atoms with Crippen LogP contribution in [0.25, 0.3) is 6.08 Å². The fourth-order valence-electron chi connectivity index (χ4n) is 0.706. The summed E-state index contributed by atoms with van der Waals surface area (Å²) in [7, 11) is 0. The highest BCUT2D eigenvalue weighted by Gasteiger charge is 1.97. The molecule has 0 saturated heterocycles. The van der Waals surface area contributed by atoms with Gasteiger partial charge in [-0.3, -0.25) is 4.98 Å². The maximum absolute atomic E-state index is 5.81. The minimum absolute atomic E-state index is 0.559. The lowest BCUT2D eigenvalue weighted by Gasteiger charge is -1.95. The number of aromatic nitrogens is 1. The van der Waals surface area contributed by atoms with Gasteiger partial charge in [0.1, 0.15) is 0 Å².